The van der Waals surface area contributed by atoms with E-state index >= 15 is 0 Å². The number of hydrogen-bond acceptors (Lipinski definition) is 1. The summed E-state index contributed by atoms with van der Waals surface area (Å²) in [7, 11) is 1.76. The third kappa shape index (κ3) is 2.17. The van der Waals surface area contributed by atoms with Gasteiger partial charge in [0.15, 0.2) is 0 Å². The van der Waals surface area contributed by atoms with Gasteiger partial charge < -0.3 is 5.32 Å². The number of nitrogens with one attached hydrogen (secondary N) is 1. The summed E-state index contributed by atoms with van der Waals surface area (Å²) in [6.07, 6.45) is 0. The Morgan fingerprint density at radius 2 is 2.27 bits per heavy atom. The molecular weight excluding hydrogens is 165 g/mol. The second kappa shape index (κ2) is 3.69. The molecular formula is C8H9ClFN. The molecule has 0 aromatic heterocycles. The van der Waals surface area contributed by atoms with E-state index in [1.165, 1.54) is 12.1 Å². The summed E-state index contributed by atoms with van der Waals surface area (Å²) < 4.78 is 12.9. The Hall–Kier alpha value is -0.600. The molecule has 0 aliphatic rings. The average molecular weight is 174 g/mol. The Balaban J connectivity index is 2.93. The van der Waals surface area contributed by atoms with Crippen LogP contribution in [0.4, 0.5) is 4.39 Å². The lowest BCUT2D eigenvalue weighted by Crippen LogP contribution is -2.06. The van der Waals surface area contributed by atoms with Crippen molar-refractivity contribution in [1.29, 1.82) is 0 Å². The van der Waals surface area contributed by atoms with Crippen LogP contribution in [0.25, 0.3) is 0 Å². The molecule has 0 aliphatic carbocycles. The van der Waals surface area contributed by atoms with E-state index < -0.39 is 0 Å². The third-order valence-electron chi connectivity index (χ3n) is 1.37. The molecule has 0 saturated heterocycles. The van der Waals surface area contributed by atoms with Crippen LogP contribution >= 0.6 is 11.6 Å². The molecule has 1 N–H and O–H groups in total. The monoisotopic (exact) mass is 173 g/mol. The Morgan fingerprint density at radius 1 is 1.55 bits per heavy atom. The molecule has 60 valence electrons. The van der Waals surface area contributed by atoms with Crippen molar-refractivity contribution in [3.8, 4) is 0 Å². The first-order valence-electron chi connectivity index (χ1n) is 3.32. The summed E-state index contributed by atoms with van der Waals surface area (Å²) in [6, 6.07) is 4.53. The van der Waals surface area contributed by atoms with Crippen LogP contribution in [0.2, 0.25) is 5.02 Å². The van der Waals surface area contributed by atoms with E-state index in [0.717, 1.165) is 0 Å². The molecule has 11 heavy (non-hydrogen) atoms. The van der Waals surface area contributed by atoms with Crippen LogP contribution in [-0.4, -0.2) is 7.05 Å². The molecule has 1 aromatic rings. The standard InChI is InChI=1S/C8H9ClFN/c1-11-5-6-4-7(9)2-3-8(6)10/h2-4,11H,5H2,1H3. The Kier molecular flexibility index (Phi) is 2.85. The van der Waals surface area contributed by atoms with E-state index in [2.05, 4.69) is 5.32 Å². The minimum atomic E-state index is -0.219. The average Bonchev–Trinajstić information content (AvgIpc) is 1.98. The second-order valence-corrected chi connectivity index (χ2v) is 2.70. The molecule has 0 aliphatic heterocycles. The zero-order chi connectivity index (χ0) is 8.27. The lowest BCUT2D eigenvalue weighted by Gasteiger charge is -2.01. The summed E-state index contributed by atoms with van der Waals surface area (Å²) >= 11 is 5.66. The van der Waals surface area contributed by atoms with Crippen molar-refractivity contribution in [3.63, 3.8) is 0 Å². The SMILES string of the molecule is CNCc1cc(Cl)ccc1F. The molecule has 1 aromatic carbocycles. The van der Waals surface area contributed by atoms with Crippen molar-refractivity contribution in [2.24, 2.45) is 0 Å². The molecule has 0 saturated carbocycles. The lowest BCUT2D eigenvalue weighted by atomic mass is 10.2. The molecule has 0 spiro atoms. The number of benzene rings is 1. The first-order valence-corrected chi connectivity index (χ1v) is 3.70. The maximum absolute atomic E-state index is 12.9. The fourth-order valence-electron chi connectivity index (χ4n) is 0.869. The number of halogens is 2. The Labute approximate surface area is 70.2 Å². The van der Waals surface area contributed by atoms with Crippen molar-refractivity contribution in [1.82, 2.24) is 5.32 Å². The van der Waals surface area contributed by atoms with Crippen molar-refractivity contribution in [2.75, 3.05) is 7.05 Å². The first-order chi connectivity index (χ1) is 5.24. The normalized spacial score (nSPS) is 10.1. The van der Waals surface area contributed by atoms with Crippen LogP contribution in [0.1, 0.15) is 5.56 Å². The summed E-state index contributed by atoms with van der Waals surface area (Å²) in [5.74, 6) is -0.219. The van der Waals surface area contributed by atoms with E-state index in [4.69, 9.17) is 11.6 Å². The van der Waals surface area contributed by atoms with Crippen LogP contribution in [-0.2, 0) is 6.54 Å². The Bertz CT molecular complexity index is 250. The van der Waals surface area contributed by atoms with Gasteiger partial charge in [-0.25, -0.2) is 4.39 Å². The lowest BCUT2D eigenvalue weighted by molar-refractivity contribution is 0.601. The predicted molar refractivity (Wildman–Crippen MR) is 44.2 cm³/mol. The maximum Gasteiger partial charge on any atom is 0.127 e. The largest absolute Gasteiger partial charge is 0.316 e. The van der Waals surface area contributed by atoms with Crippen LogP contribution in [0, 0.1) is 5.82 Å². The molecule has 0 atom stereocenters. The van der Waals surface area contributed by atoms with Crippen molar-refractivity contribution in [3.05, 3.63) is 34.6 Å². The van der Waals surface area contributed by atoms with E-state index in [1.54, 1.807) is 13.1 Å². The summed E-state index contributed by atoms with van der Waals surface area (Å²) in [5.41, 5.74) is 0.597. The van der Waals surface area contributed by atoms with Crippen molar-refractivity contribution >= 4 is 11.6 Å². The highest BCUT2D eigenvalue weighted by molar-refractivity contribution is 6.30. The van der Waals surface area contributed by atoms with E-state index in [0.29, 0.717) is 17.1 Å². The van der Waals surface area contributed by atoms with Gasteiger partial charge in [0, 0.05) is 17.1 Å². The van der Waals surface area contributed by atoms with Gasteiger partial charge >= 0.3 is 0 Å². The predicted octanol–water partition coefficient (Wildman–Crippen LogP) is 2.20. The third-order valence-corrected chi connectivity index (χ3v) is 1.61. The highest BCUT2D eigenvalue weighted by atomic mass is 35.5. The number of hydrogen-bond donors (Lipinski definition) is 1. The quantitative estimate of drug-likeness (QED) is 0.723. The molecule has 0 bridgehead atoms. The number of rotatable bonds is 2. The van der Waals surface area contributed by atoms with E-state index in [1.807, 2.05) is 0 Å². The molecule has 1 rings (SSSR count). The van der Waals surface area contributed by atoms with Gasteiger partial charge in [0.2, 0.25) is 0 Å². The molecule has 1 nitrogen and oxygen atoms in total. The topological polar surface area (TPSA) is 12.0 Å². The first kappa shape index (κ1) is 8.50. The molecule has 3 heteroatoms. The Morgan fingerprint density at radius 3 is 2.91 bits per heavy atom. The maximum atomic E-state index is 12.9. The fourth-order valence-corrected chi connectivity index (χ4v) is 1.06. The minimum Gasteiger partial charge on any atom is -0.316 e. The van der Waals surface area contributed by atoms with Gasteiger partial charge in [-0.05, 0) is 25.2 Å². The molecule has 0 fully saturated rings. The molecule has 0 heterocycles. The molecule has 0 radical (unpaired) electrons. The second-order valence-electron chi connectivity index (χ2n) is 2.27. The zero-order valence-corrected chi connectivity index (χ0v) is 6.95. The molecule has 0 amide bonds. The summed E-state index contributed by atoms with van der Waals surface area (Å²) in [5, 5.41) is 3.42. The van der Waals surface area contributed by atoms with Gasteiger partial charge in [-0.1, -0.05) is 11.6 Å². The van der Waals surface area contributed by atoms with Crippen LogP contribution in [0.15, 0.2) is 18.2 Å². The summed E-state index contributed by atoms with van der Waals surface area (Å²) in [6.45, 7) is 0.506. The van der Waals surface area contributed by atoms with Gasteiger partial charge in [0.05, 0.1) is 0 Å². The highest BCUT2D eigenvalue weighted by Gasteiger charge is 2.00. The fraction of sp³-hybridized carbons (Fsp3) is 0.250. The highest BCUT2D eigenvalue weighted by Crippen LogP contribution is 2.14. The zero-order valence-electron chi connectivity index (χ0n) is 6.20. The van der Waals surface area contributed by atoms with Crippen LogP contribution < -0.4 is 5.32 Å². The van der Waals surface area contributed by atoms with Crippen LogP contribution in [0.5, 0.6) is 0 Å². The smallest absolute Gasteiger partial charge is 0.127 e. The van der Waals surface area contributed by atoms with Crippen molar-refractivity contribution in [2.45, 2.75) is 6.54 Å². The summed E-state index contributed by atoms with van der Waals surface area (Å²) in [4.78, 5) is 0. The minimum absolute atomic E-state index is 0.219. The van der Waals surface area contributed by atoms with Gasteiger partial charge in [-0.3, -0.25) is 0 Å². The van der Waals surface area contributed by atoms with E-state index in [9.17, 15) is 4.39 Å². The van der Waals surface area contributed by atoms with Crippen molar-refractivity contribution < 1.29 is 4.39 Å². The van der Waals surface area contributed by atoms with Gasteiger partial charge in [-0.15, -0.1) is 0 Å². The van der Waals surface area contributed by atoms with E-state index in [-0.39, 0.29) is 5.82 Å². The van der Waals surface area contributed by atoms with Gasteiger partial charge in [0.25, 0.3) is 0 Å². The van der Waals surface area contributed by atoms with Gasteiger partial charge in [-0.2, -0.15) is 0 Å². The van der Waals surface area contributed by atoms with Crippen LogP contribution in [0.3, 0.4) is 0 Å². The molecule has 0 unspecified atom stereocenters. The van der Waals surface area contributed by atoms with Gasteiger partial charge in [0.1, 0.15) is 5.82 Å².